The number of nitrogens with one attached hydrogen (secondary N) is 1. The summed E-state index contributed by atoms with van der Waals surface area (Å²) in [5.41, 5.74) is -2.69. The van der Waals surface area contributed by atoms with Gasteiger partial charge in [0.05, 0.1) is 19.0 Å². The molecule has 2 rings (SSSR count). The van der Waals surface area contributed by atoms with Crippen LogP contribution in [0.1, 0.15) is 0 Å². The van der Waals surface area contributed by atoms with Crippen LogP contribution in [0.25, 0.3) is 0 Å². The maximum Gasteiger partial charge on any atom is 0.420 e. The smallest absolute Gasteiger partial charge is 0.378 e. The number of amides is 1. The molecule has 1 amide bonds. The Morgan fingerprint density at radius 1 is 1.40 bits per heavy atom. The van der Waals surface area contributed by atoms with Gasteiger partial charge in [-0.1, -0.05) is 0 Å². The van der Waals surface area contributed by atoms with E-state index in [0.717, 1.165) is 4.90 Å². The number of rotatable bonds is 1. The lowest BCUT2D eigenvalue weighted by atomic mass is 9.90. The molecule has 0 saturated carbocycles. The second-order valence-electron chi connectivity index (χ2n) is 4.08. The Kier molecular flexibility index (Phi) is 2.20. The Bertz CT molecular complexity index is 282. The van der Waals surface area contributed by atoms with E-state index in [1.807, 2.05) is 0 Å². The predicted octanol–water partition coefficient (Wildman–Crippen LogP) is -0.659. The molecule has 4 nitrogen and oxygen atoms in total. The lowest BCUT2D eigenvalue weighted by molar-refractivity contribution is -0.298. The number of nitrogens with zero attached hydrogens (tertiary/aromatic N) is 1. The number of aliphatic hydroxyl groups is 1. The van der Waals surface area contributed by atoms with Crippen molar-refractivity contribution in [2.24, 2.45) is 5.92 Å². The molecule has 0 unspecified atom stereocenters. The molecule has 0 aliphatic carbocycles. The maximum absolute atomic E-state index is 12.2. The molecule has 15 heavy (non-hydrogen) atoms. The molecule has 7 heteroatoms. The van der Waals surface area contributed by atoms with Crippen LogP contribution < -0.4 is 5.32 Å². The molecule has 2 aliphatic rings. The number of hydrogen-bond donors (Lipinski definition) is 2. The van der Waals surface area contributed by atoms with Gasteiger partial charge in [-0.25, -0.2) is 0 Å². The predicted molar refractivity (Wildman–Crippen MR) is 43.9 cm³/mol. The van der Waals surface area contributed by atoms with Crippen molar-refractivity contribution in [3.8, 4) is 0 Å². The molecule has 0 aromatic rings. The summed E-state index contributed by atoms with van der Waals surface area (Å²) in [4.78, 5) is 12.5. The largest absolute Gasteiger partial charge is 0.420 e. The molecule has 0 aromatic heterocycles. The zero-order chi connectivity index (χ0) is 11.3. The standard InChI is InChI=1S/C8H11F3N2O2/c9-8(10,11)7(15)3-13(4-7)6(14)5-1-12-2-5/h5,12,15H,1-4H2. The number of halogens is 3. The molecule has 0 aromatic carbocycles. The highest BCUT2D eigenvalue weighted by atomic mass is 19.4. The quantitative estimate of drug-likeness (QED) is 0.621. The van der Waals surface area contributed by atoms with Gasteiger partial charge in [-0.15, -0.1) is 0 Å². The van der Waals surface area contributed by atoms with Crippen molar-refractivity contribution in [1.29, 1.82) is 0 Å². The second-order valence-corrected chi connectivity index (χ2v) is 4.08. The molecule has 0 bridgehead atoms. The van der Waals surface area contributed by atoms with Gasteiger partial charge in [0, 0.05) is 13.1 Å². The number of carbonyl (C=O) groups is 1. The van der Waals surface area contributed by atoms with E-state index >= 15 is 0 Å². The molecule has 2 N–H and O–H groups in total. The van der Waals surface area contributed by atoms with Crippen molar-refractivity contribution >= 4 is 5.91 Å². The zero-order valence-electron chi connectivity index (χ0n) is 7.84. The summed E-state index contributed by atoms with van der Waals surface area (Å²) >= 11 is 0. The Morgan fingerprint density at radius 3 is 2.27 bits per heavy atom. The average Bonchev–Trinajstić information content (AvgIpc) is 1.92. The highest BCUT2D eigenvalue weighted by Crippen LogP contribution is 2.38. The van der Waals surface area contributed by atoms with E-state index in [0.29, 0.717) is 13.1 Å². The summed E-state index contributed by atoms with van der Waals surface area (Å²) in [5.74, 6) is -0.523. The lowest BCUT2D eigenvalue weighted by Crippen LogP contribution is -2.72. The highest BCUT2D eigenvalue weighted by molar-refractivity contribution is 5.81. The Balaban J connectivity index is 1.89. The summed E-state index contributed by atoms with van der Waals surface area (Å²) in [5, 5.41) is 12.0. The van der Waals surface area contributed by atoms with Crippen LogP contribution in [0.3, 0.4) is 0 Å². The fourth-order valence-electron chi connectivity index (χ4n) is 1.64. The maximum atomic E-state index is 12.2. The van der Waals surface area contributed by atoms with Crippen LogP contribution in [0, 0.1) is 5.92 Å². The first-order chi connectivity index (χ1) is 6.83. The molecule has 2 saturated heterocycles. The molecule has 0 radical (unpaired) electrons. The first-order valence-electron chi connectivity index (χ1n) is 4.62. The van der Waals surface area contributed by atoms with Crippen molar-refractivity contribution in [2.45, 2.75) is 11.8 Å². The average molecular weight is 224 g/mol. The summed E-state index contributed by atoms with van der Waals surface area (Å²) in [6.07, 6.45) is -4.65. The van der Waals surface area contributed by atoms with Crippen LogP contribution in [0.2, 0.25) is 0 Å². The van der Waals surface area contributed by atoms with E-state index in [1.165, 1.54) is 0 Å². The number of alkyl halides is 3. The summed E-state index contributed by atoms with van der Waals surface area (Å²) < 4.78 is 36.7. The van der Waals surface area contributed by atoms with Gasteiger partial charge in [-0.2, -0.15) is 13.2 Å². The van der Waals surface area contributed by atoms with Gasteiger partial charge in [0.25, 0.3) is 0 Å². The van der Waals surface area contributed by atoms with Gasteiger partial charge >= 0.3 is 6.18 Å². The second kappa shape index (κ2) is 3.08. The number of β-amino-alcohol motifs (C(OH)–C–C–N with tert-alkyl or cyclic N) is 1. The minimum Gasteiger partial charge on any atom is -0.378 e. The normalized spacial score (nSPS) is 25.7. The third-order valence-electron chi connectivity index (χ3n) is 2.87. The van der Waals surface area contributed by atoms with Crippen molar-refractivity contribution in [3.63, 3.8) is 0 Å². The van der Waals surface area contributed by atoms with Gasteiger partial charge in [0.1, 0.15) is 0 Å². The Labute approximate surface area is 84.0 Å². The van der Waals surface area contributed by atoms with Crippen molar-refractivity contribution in [3.05, 3.63) is 0 Å². The fraction of sp³-hybridized carbons (Fsp3) is 0.875. The minimum absolute atomic E-state index is 0.220. The van der Waals surface area contributed by atoms with E-state index in [2.05, 4.69) is 5.32 Å². The van der Waals surface area contributed by atoms with E-state index in [4.69, 9.17) is 5.11 Å². The summed E-state index contributed by atoms with van der Waals surface area (Å²) in [6.45, 7) is -0.239. The van der Waals surface area contributed by atoms with E-state index < -0.39 is 24.9 Å². The molecular formula is C8H11F3N2O2. The van der Waals surface area contributed by atoms with Crippen LogP contribution in [-0.4, -0.2) is 53.9 Å². The molecule has 2 heterocycles. The third-order valence-corrected chi connectivity index (χ3v) is 2.87. The topological polar surface area (TPSA) is 52.6 Å². The SMILES string of the molecule is O=C(C1CNC1)N1CC(O)(C(F)(F)F)C1. The number of hydrogen-bond acceptors (Lipinski definition) is 3. The van der Waals surface area contributed by atoms with E-state index in [9.17, 15) is 18.0 Å². The monoisotopic (exact) mass is 224 g/mol. The molecular weight excluding hydrogens is 213 g/mol. The van der Waals surface area contributed by atoms with E-state index in [1.54, 1.807) is 0 Å². The first-order valence-corrected chi connectivity index (χ1v) is 4.62. The molecule has 2 aliphatic heterocycles. The molecule has 86 valence electrons. The van der Waals surface area contributed by atoms with Crippen molar-refractivity contribution in [1.82, 2.24) is 10.2 Å². The van der Waals surface area contributed by atoms with Crippen molar-refractivity contribution in [2.75, 3.05) is 26.2 Å². The third kappa shape index (κ3) is 1.59. The van der Waals surface area contributed by atoms with Crippen LogP contribution in [0.4, 0.5) is 13.2 Å². The number of carbonyl (C=O) groups excluding carboxylic acids is 1. The van der Waals surface area contributed by atoms with Gasteiger partial charge in [0.2, 0.25) is 5.91 Å². The van der Waals surface area contributed by atoms with E-state index in [-0.39, 0.29) is 11.8 Å². The molecule has 2 fully saturated rings. The number of likely N-dealkylation sites (tertiary alicyclic amines) is 1. The van der Waals surface area contributed by atoms with Crippen LogP contribution in [-0.2, 0) is 4.79 Å². The Hall–Kier alpha value is -0.820. The zero-order valence-corrected chi connectivity index (χ0v) is 7.84. The molecule has 0 atom stereocenters. The van der Waals surface area contributed by atoms with Crippen LogP contribution >= 0.6 is 0 Å². The van der Waals surface area contributed by atoms with Gasteiger partial charge in [-0.05, 0) is 0 Å². The first kappa shape index (κ1) is 10.7. The minimum atomic E-state index is -4.65. The lowest BCUT2D eigenvalue weighted by Gasteiger charge is -2.48. The summed E-state index contributed by atoms with van der Waals surface area (Å²) in [7, 11) is 0. The van der Waals surface area contributed by atoms with Gasteiger partial charge in [0.15, 0.2) is 5.60 Å². The van der Waals surface area contributed by atoms with Crippen LogP contribution in [0.15, 0.2) is 0 Å². The van der Waals surface area contributed by atoms with Crippen molar-refractivity contribution < 1.29 is 23.1 Å². The fourth-order valence-corrected chi connectivity index (χ4v) is 1.64. The summed E-state index contributed by atoms with van der Waals surface area (Å²) in [6, 6.07) is 0. The molecule has 0 spiro atoms. The highest BCUT2D eigenvalue weighted by Gasteiger charge is 2.62. The van der Waals surface area contributed by atoms with Gasteiger partial charge in [-0.3, -0.25) is 4.79 Å². The van der Waals surface area contributed by atoms with Gasteiger partial charge < -0.3 is 15.3 Å². The Morgan fingerprint density at radius 2 is 1.93 bits per heavy atom. The van der Waals surface area contributed by atoms with Crippen LogP contribution in [0.5, 0.6) is 0 Å².